The summed E-state index contributed by atoms with van der Waals surface area (Å²) in [6, 6.07) is 4.94. The first-order chi connectivity index (χ1) is 7.54. The molecule has 3 N–H and O–H groups in total. The van der Waals surface area contributed by atoms with E-state index in [1.165, 1.54) is 0 Å². The van der Waals surface area contributed by atoms with Gasteiger partial charge in [0.25, 0.3) is 0 Å². The molecule has 16 heavy (non-hydrogen) atoms. The number of hydrogen-bond acceptors (Lipinski definition) is 2. The van der Waals surface area contributed by atoms with Crippen LogP contribution in [0.2, 0.25) is 5.02 Å². The first-order valence-corrected chi connectivity index (χ1v) is 5.03. The van der Waals surface area contributed by atoms with E-state index in [0.717, 1.165) is 11.1 Å². The highest BCUT2D eigenvalue weighted by Crippen LogP contribution is 2.27. The van der Waals surface area contributed by atoms with Crippen LogP contribution in [0.1, 0.15) is 12.5 Å². The molecule has 4 heteroatoms. The Labute approximate surface area is 99.6 Å². The molecule has 0 fully saturated rings. The van der Waals surface area contributed by atoms with Crippen molar-refractivity contribution in [2.45, 2.75) is 6.92 Å². The molecule has 1 aromatic rings. The van der Waals surface area contributed by atoms with Crippen LogP contribution >= 0.6 is 11.6 Å². The minimum absolute atomic E-state index is 0.0281. The lowest BCUT2D eigenvalue weighted by Gasteiger charge is -2.03. The number of aromatic hydroxyl groups is 1. The van der Waals surface area contributed by atoms with Crippen molar-refractivity contribution in [3.8, 4) is 5.75 Å². The van der Waals surface area contributed by atoms with Gasteiger partial charge in [-0.3, -0.25) is 0 Å². The Hall–Kier alpha value is -1.74. The number of benzene rings is 1. The number of aliphatic imine (C=N–C) groups is 1. The van der Waals surface area contributed by atoms with Gasteiger partial charge in [0, 0.05) is 6.20 Å². The Morgan fingerprint density at radius 1 is 1.56 bits per heavy atom. The predicted molar refractivity (Wildman–Crippen MR) is 68.6 cm³/mol. The van der Waals surface area contributed by atoms with E-state index < -0.39 is 0 Å². The highest BCUT2D eigenvalue weighted by Gasteiger charge is 2.02. The van der Waals surface area contributed by atoms with Crippen molar-refractivity contribution in [2.75, 3.05) is 0 Å². The van der Waals surface area contributed by atoms with Crippen LogP contribution in [0.4, 0.5) is 0 Å². The van der Waals surface area contributed by atoms with Crippen LogP contribution in [-0.2, 0) is 0 Å². The summed E-state index contributed by atoms with van der Waals surface area (Å²) in [4.78, 5) is 3.97. The highest BCUT2D eigenvalue weighted by molar-refractivity contribution is 6.32. The maximum Gasteiger partial charge on any atom is 0.134 e. The second-order valence-corrected chi connectivity index (χ2v) is 3.63. The number of amidine groups is 1. The normalized spacial score (nSPS) is 12.6. The number of nitrogens with zero attached hydrogens (tertiary/aromatic N) is 1. The van der Waals surface area contributed by atoms with Crippen molar-refractivity contribution in [3.05, 3.63) is 47.6 Å². The summed E-state index contributed by atoms with van der Waals surface area (Å²) in [5.74, 6) is 0.484. The Kier molecular flexibility index (Phi) is 4.14. The lowest BCUT2D eigenvalue weighted by molar-refractivity contribution is 0.475. The monoisotopic (exact) mass is 236 g/mol. The Morgan fingerprint density at radius 3 is 2.75 bits per heavy atom. The largest absolute Gasteiger partial charge is 0.506 e. The van der Waals surface area contributed by atoms with Crippen LogP contribution in [0.5, 0.6) is 5.75 Å². The molecule has 0 heterocycles. The van der Waals surface area contributed by atoms with Gasteiger partial charge in [0.2, 0.25) is 0 Å². The molecule has 84 valence electrons. The van der Waals surface area contributed by atoms with Crippen LogP contribution in [0.15, 0.2) is 42.0 Å². The van der Waals surface area contributed by atoms with E-state index in [1.807, 2.05) is 0 Å². The molecule has 1 rings (SSSR count). The second kappa shape index (κ2) is 5.37. The van der Waals surface area contributed by atoms with Crippen molar-refractivity contribution < 1.29 is 5.11 Å². The molecule has 0 amide bonds. The lowest BCUT2D eigenvalue weighted by Crippen LogP contribution is -2.03. The quantitative estimate of drug-likeness (QED) is 0.482. The van der Waals surface area contributed by atoms with Gasteiger partial charge in [-0.05, 0) is 30.2 Å². The van der Waals surface area contributed by atoms with E-state index >= 15 is 0 Å². The molecule has 0 aliphatic heterocycles. The van der Waals surface area contributed by atoms with Crippen molar-refractivity contribution in [1.29, 1.82) is 0 Å². The minimum Gasteiger partial charge on any atom is -0.506 e. The number of hydrogen-bond donors (Lipinski definition) is 2. The molecular weight excluding hydrogens is 224 g/mol. The van der Waals surface area contributed by atoms with Crippen molar-refractivity contribution >= 4 is 23.0 Å². The zero-order valence-electron chi connectivity index (χ0n) is 8.94. The van der Waals surface area contributed by atoms with Gasteiger partial charge < -0.3 is 10.8 Å². The molecule has 0 saturated heterocycles. The summed E-state index contributed by atoms with van der Waals surface area (Å²) < 4.78 is 0. The molecule has 0 bridgehead atoms. The van der Waals surface area contributed by atoms with E-state index in [-0.39, 0.29) is 5.75 Å². The molecule has 0 aromatic heterocycles. The van der Waals surface area contributed by atoms with E-state index in [0.29, 0.717) is 10.9 Å². The molecule has 0 spiro atoms. The number of nitrogens with two attached hydrogens (primary N) is 1. The Balaban J connectivity index is 3.14. The van der Waals surface area contributed by atoms with Gasteiger partial charge in [0.15, 0.2) is 0 Å². The number of phenols is 1. The summed E-state index contributed by atoms with van der Waals surface area (Å²) in [7, 11) is 0. The van der Waals surface area contributed by atoms with Gasteiger partial charge in [-0.25, -0.2) is 4.99 Å². The topological polar surface area (TPSA) is 58.6 Å². The first-order valence-electron chi connectivity index (χ1n) is 4.66. The van der Waals surface area contributed by atoms with Gasteiger partial charge in [-0.1, -0.05) is 30.3 Å². The zero-order valence-corrected chi connectivity index (χ0v) is 9.70. The molecule has 0 unspecified atom stereocenters. The SMILES string of the molecule is C=C/C(=C\N=C(/C)N)c1ccc(Cl)c(O)c1. The number of halogens is 1. The summed E-state index contributed by atoms with van der Waals surface area (Å²) in [6.07, 6.45) is 3.22. The van der Waals surface area contributed by atoms with E-state index in [2.05, 4.69) is 11.6 Å². The summed E-state index contributed by atoms with van der Waals surface area (Å²) in [6.45, 7) is 5.37. The zero-order chi connectivity index (χ0) is 12.1. The Bertz CT molecular complexity index is 460. The van der Waals surface area contributed by atoms with E-state index in [4.69, 9.17) is 17.3 Å². The fourth-order valence-electron chi connectivity index (χ4n) is 1.11. The molecule has 3 nitrogen and oxygen atoms in total. The van der Waals surface area contributed by atoms with Gasteiger partial charge in [0.1, 0.15) is 5.75 Å². The van der Waals surface area contributed by atoms with Gasteiger partial charge in [0.05, 0.1) is 10.9 Å². The van der Waals surface area contributed by atoms with E-state index in [9.17, 15) is 5.11 Å². The number of phenolic OH excluding ortho intramolecular Hbond substituents is 1. The smallest absolute Gasteiger partial charge is 0.134 e. The summed E-state index contributed by atoms with van der Waals surface area (Å²) >= 11 is 5.71. The lowest BCUT2D eigenvalue weighted by atomic mass is 10.1. The third-order valence-electron chi connectivity index (χ3n) is 1.91. The van der Waals surface area contributed by atoms with Crippen molar-refractivity contribution in [1.82, 2.24) is 0 Å². The summed E-state index contributed by atoms with van der Waals surface area (Å²) in [5, 5.41) is 9.78. The third kappa shape index (κ3) is 3.14. The van der Waals surface area contributed by atoms with Gasteiger partial charge >= 0.3 is 0 Å². The molecule has 0 radical (unpaired) electrons. The summed E-state index contributed by atoms with van der Waals surface area (Å²) in [5.41, 5.74) is 6.97. The third-order valence-corrected chi connectivity index (χ3v) is 2.23. The first kappa shape index (κ1) is 12.3. The van der Waals surface area contributed by atoms with Crippen LogP contribution < -0.4 is 5.73 Å². The highest BCUT2D eigenvalue weighted by atomic mass is 35.5. The maximum atomic E-state index is 9.47. The fourth-order valence-corrected chi connectivity index (χ4v) is 1.23. The predicted octanol–water partition coefficient (Wildman–Crippen LogP) is 2.95. The van der Waals surface area contributed by atoms with Crippen LogP contribution in [0, 0.1) is 0 Å². The molecular formula is C12H13ClN2O. The van der Waals surface area contributed by atoms with Crippen LogP contribution in [0.3, 0.4) is 0 Å². The standard InChI is InChI=1S/C12H13ClN2O/c1-3-9(7-15-8(2)14)10-4-5-11(13)12(16)6-10/h3-7,16H,1H2,2H3,(H2,14,15)/b9-7+. The van der Waals surface area contributed by atoms with Crippen molar-refractivity contribution in [3.63, 3.8) is 0 Å². The number of rotatable bonds is 3. The van der Waals surface area contributed by atoms with Crippen LogP contribution in [0.25, 0.3) is 5.57 Å². The maximum absolute atomic E-state index is 9.47. The average molecular weight is 237 g/mol. The second-order valence-electron chi connectivity index (χ2n) is 3.23. The van der Waals surface area contributed by atoms with Gasteiger partial charge in [-0.2, -0.15) is 0 Å². The molecule has 0 aliphatic carbocycles. The van der Waals surface area contributed by atoms with Crippen molar-refractivity contribution in [2.24, 2.45) is 10.7 Å². The van der Waals surface area contributed by atoms with E-state index in [1.54, 1.807) is 37.4 Å². The fraction of sp³-hybridized carbons (Fsp3) is 0.0833. The minimum atomic E-state index is 0.0281. The van der Waals surface area contributed by atoms with Crippen LogP contribution in [-0.4, -0.2) is 10.9 Å². The Morgan fingerprint density at radius 2 is 2.25 bits per heavy atom. The molecule has 1 aromatic carbocycles. The average Bonchev–Trinajstić information content (AvgIpc) is 2.23. The molecule has 0 atom stereocenters. The number of allylic oxidation sites excluding steroid dienone is 2. The molecule has 0 aliphatic rings. The molecule has 0 saturated carbocycles. The van der Waals surface area contributed by atoms with Gasteiger partial charge in [-0.15, -0.1) is 0 Å².